The third-order valence-corrected chi connectivity index (χ3v) is 5.36. The summed E-state index contributed by atoms with van der Waals surface area (Å²) in [6, 6.07) is 7.37. The first-order valence-corrected chi connectivity index (χ1v) is 9.61. The summed E-state index contributed by atoms with van der Waals surface area (Å²) in [4.78, 5) is 27.9. The maximum atomic E-state index is 12.8. The third-order valence-electron chi connectivity index (χ3n) is 5.10. The van der Waals surface area contributed by atoms with Gasteiger partial charge in [0.25, 0.3) is 0 Å². The first-order valence-electron chi connectivity index (χ1n) is 9.23. The van der Waals surface area contributed by atoms with Crippen LogP contribution in [0.5, 0.6) is 5.75 Å². The van der Waals surface area contributed by atoms with Gasteiger partial charge < -0.3 is 15.4 Å². The predicted octanol–water partition coefficient (Wildman–Crippen LogP) is 1.91. The summed E-state index contributed by atoms with van der Waals surface area (Å²) in [5.41, 5.74) is 5.28. The average molecular weight is 380 g/mol. The highest BCUT2D eigenvalue weighted by molar-refractivity contribution is 6.30. The van der Waals surface area contributed by atoms with E-state index in [0.717, 1.165) is 38.0 Å². The van der Waals surface area contributed by atoms with Crippen LogP contribution in [0, 0.1) is 5.92 Å². The van der Waals surface area contributed by atoms with Gasteiger partial charge in [0.2, 0.25) is 11.8 Å². The highest BCUT2D eigenvalue weighted by Gasteiger charge is 2.32. The second kappa shape index (κ2) is 8.73. The normalized spacial score (nSPS) is 22.2. The van der Waals surface area contributed by atoms with Gasteiger partial charge in [0, 0.05) is 37.5 Å². The van der Waals surface area contributed by atoms with Crippen molar-refractivity contribution in [1.82, 2.24) is 9.80 Å². The summed E-state index contributed by atoms with van der Waals surface area (Å²) in [7, 11) is 0. The molecule has 1 aromatic rings. The van der Waals surface area contributed by atoms with Crippen LogP contribution in [-0.4, -0.2) is 60.4 Å². The second-order valence-corrected chi connectivity index (χ2v) is 7.57. The molecule has 2 amide bonds. The minimum atomic E-state index is -0.335. The fraction of sp³-hybridized carbons (Fsp3) is 0.579. The molecule has 0 unspecified atom stereocenters. The first-order chi connectivity index (χ1) is 12.5. The SMILES string of the molecule is NC(=O)CN1CCC[C@H](C(=O)N2CCC(Oc3ccc(Cl)cc3)CC2)C1. The van der Waals surface area contributed by atoms with Crippen molar-refractivity contribution in [3.8, 4) is 5.75 Å². The van der Waals surface area contributed by atoms with Gasteiger partial charge in [-0.25, -0.2) is 0 Å². The topological polar surface area (TPSA) is 75.9 Å². The van der Waals surface area contributed by atoms with E-state index in [9.17, 15) is 9.59 Å². The van der Waals surface area contributed by atoms with E-state index in [1.807, 2.05) is 34.1 Å². The van der Waals surface area contributed by atoms with Gasteiger partial charge >= 0.3 is 0 Å². The quantitative estimate of drug-likeness (QED) is 0.847. The molecule has 0 aliphatic carbocycles. The van der Waals surface area contributed by atoms with E-state index in [0.29, 0.717) is 24.7 Å². The van der Waals surface area contributed by atoms with Gasteiger partial charge in [0.1, 0.15) is 11.9 Å². The smallest absolute Gasteiger partial charge is 0.231 e. The summed E-state index contributed by atoms with van der Waals surface area (Å²) in [5, 5.41) is 0.690. The monoisotopic (exact) mass is 379 g/mol. The maximum Gasteiger partial charge on any atom is 0.231 e. The van der Waals surface area contributed by atoms with Crippen molar-refractivity contribution in [2.45, 2.75) is 31.8 Å². The number of likely N-dealkylation sites (tertiary alicyclic amines) is 2. The van der Waals surface area contributed by atoms with E-state index in [1.54, 1.807) is 0 Å². The number of halogens is 1. The molecule has 2 N–H and O–H groups in total. The van der Waals surface area contributed by atoms with E-state index >= 15 is 0 Å². The van der Waals surface area contributed by atoms with Gasteiger partial charge in [-0.1, -0.05) is 11.6 Å². The van der Waals surface area contributed by atoms with Crippen LogP contribution in [0.3, 0.4) is 0 Å². The Bertz CT molecular complexity index is 629. The highest BCUT2D eigenvalue weighted by Crippen LogP contribution is 2.24. The lowest BCUT2D eigenvalue weighted by Crippen LogP contribution is -2.49. The summed E-state index contributed by atoms with van der Waals surface area (Å²) >= 11 is 5.89. The van der Waals surface area contributed by atoms with Crippen molar-refractivity contribution < 1.29 is 14.3 Å². The standard InChI is InChI=1S/C19H26ClN3O3/c20-15-3-5-16(6-4-15)26-17-7-10-23(11-8-17)19(25)14-2-1-9-22(12-14)13-18(21)24/h3-6,14,17H,1-2,7-13H2,(H2,21,24)/t14-/m0/s1. The van der Waals surface area contributed by atoms with Crippen LogP contribution >= 0.6 is 11.6 Å². The molecule has 1 atom stereocenters. The van der Waals surface area contributed by atoms with Crippen molar-refractivity contribution >= 4 is 23.4 Å². The maximum absolute atomic E-state index is 12.8. The number of amides is 2. The number of piperidine rings is 2. The van der Waals surface area contributed by atoms with Gasteiger partial charge in [0.15, 0.2) is 0 Å². The van der Waals surface area contributed by atoms with Crippen LogP contribution in [0.1, 0.15) is 25.7 Å². The molecule has 2 saturated heterocycles. The summed E-state index contributed by atoms with van der Waals surface area (Å²) < 4.78 is 5.99. The van der Waals surface area contributed by atoms with Gasteiger partial charge in [0.05, 0.1) is 12.5 Å². The number of nitrogens with two attached hydrogens (primary N) is 1. The van der Waals surface area contributed by atoms with Crippen LogP contribution in [0.4, 0.5) is 0 Å². The number of primary amides is 1. The number of rotatable bonds is 5. The Hall–Kier alpha value is -1.79. The molecular weight excluding hydrogens is 354 g/mol. The third kappa shape index (κ3) is 5.11. The molecule has 0 bridgehead atoms. The Balaban J connectivity index is 1.47. The lowest BCUT2D eigenvalue weighted by atomic mass is 9.95. The highest BCUT2D eigenvalue weighted by atomic mass is 35.5. The summed E-state index contributed by atoms with van der Waals surface area (Å²) in [6.07, 6.45) is 3.59. The van der Waals surface area contributed by atoms with Crippen LogP contribution in [0.2, 0.25) is 5.02 Å². The van der Waals surface area contributed by atoms with E-state index in [4.69, 9.17) is 22.1 Å². The van der Waals surface area contributed by atoms with E-state index in [2.05, 4.69) is 0 Å². The average Bonchev–Trinajstić information content (AvgIpc) is 2.63. The van der Waals surface area contributed by atoms with E-state index < -0.39 is 0 Å². The van der Waals surface area contributed by atoms with Crippen molar-refractivity contribution in [1.29, 1.82) is 0 Å². The Morgan fingerprint density at radius 3 is 2.46 bits per heavy atom. The van der Waals surface area contributed by atoms with E-state index in [-0.39, 0.29) is 30.4 Å². The molecule has 3 rings (SSSR count). The van der Waals surface area contributed by atoms with Crippen LogP contribution in [0.15, 0.2) is 24.3 Å². The molecule has 2 aliphatic heterocycles. The fourth-order valence-corrected chi connectivity index (χ4v) is 3.90. The number of carbonyl (C=O) groups is 2. The minimum absolute atomic E-state index is 0.0307. The molecule has 0 aromatic heterocycles. The minimum Gasteiger partial charge on any atom is -0.490 e. The molecule has 26 heavy (non-hydrogen) atoms. The largest absolute Gasteiger partial charge is 0.490 e. The second-order valence-electron chi connectivity index (χ2n) is 7.14. The Labute approximate surface area is 159 Å². The number of hydrogen-bond donors (Lipinski definition) is 1. The van der Waals surface area contributed by atoms with Crippen LogP contribution in [0.25, 0.3) is 0 Å². The number of carbonyl (C=O) groups excluding carboxylic acids is 2. The molecule has 2 fully saturated rings. The summed E-state index contributed by atoms with van der Waals surface area (Å²) in [5.74, 6) is 0.646. The molecule has 7 heteroatoms. The lowest BCUT2D eigenvalue weighted by molar-refractivity contribution is -0.139. The fourth-order valence-electron chi connectivity index (χ4n) is 3.78. The Morgan fingerprint density at radius 2 is 1.81 bits per heavy atom. The lowest BCUT2D eigenvalue weighted by Gasteiger charge is -2.37. The van der Waals surface area contributed by atoms with Gasteiger partial charge in [-0.15, -0.1) is 0 Å². The Morgan fingerprint density at radius 1 is 1.12 bits per heavy atom. The molecular formula is C19H26ClN3O3. The van der Waals surface area contributed by atoms with Crippen molar-refractivity contribution in [2.75, 3.05) is 32.7 Å². The number of hydrogen-bond acceptors (Lipinski definition) is 4. The number of benzene rings is 1. The Kier molecular flexibility index (Phi) is 6.38. The number of ether oxygens (including phenoxy) is 1. The van der Waals surface area contributed by atoms with Gasteiger partial charge in [-0.2, -0.15) is 0 Å². The van der Waals surface area contributed by atoms with Gasteiger partial charge in [-0.05, 0) is 43.7 Å². The van der Waals surface area contributed by atoms with Gasteiger partial charge in [-0.3, -0.25) is 14.5 Å². The molecule has 6 nitrogen and oxygen atoms in total. The van der Waals surface area contributed by atoms with Crippen molar-refractivity contribution in [2.24, 2.45) is 11.7 Å². The molecule has 1 aromatic carbocycles. The van der Waals surface area contributed by atoms with E-state index in [1.165, 1.54) is 0 Å². The van der Waals surface area contributed by atoms with Crippen LogP contribution in [-0.2, 0) is 9.59 Å². The van der Waals surface area contributed by atoms with Crippen LogP contribution < -0.4 is 10.5 Å². The van der Waals surface area contributed by atoms with Crippen molar-refractivity contribution in [3.63, 3.8) is 0 Å². The zero-order chi connectivity index (χ0) is 18.5. The molecule has 0 saturated carbocycles. The molecule has 142 valence electrons. The zero-order valence-electron chi connectivity index (χ0n) is 14.9. The first kappa shape index (κ1) is 19.0. The zero-order valence-corrected chi connectivity index (χ0v) is 15.7. The summed E-state index contributed by atoms with van der Waals surface area (Å²) in [6.45, 7) is 3.13. The number of nitrogens with zero attached hydrogens (tertiary/aromatic N) is 2. The predicted molar refractivity (Wildman–Crippen MR) is 100 cm³/mol. The molecule has 2 heterocycles. The molecule has 2 aliphatic rings. The molecule has 0 radical (unpaired) electrons. The molecule has 0 spiro atoms. The van der Waals surface area contributed by atoms with Crippen molar-refractivity contribution in [3.05, 3.63) is 29.3 Å².